The van der Waals surface area contributed by atoms with Crippen molar-refractivity contribution in [3.05, 3.63) is 38.3 Å². The van der Waals surface area contributed by atoms with Crippen LogP contribution in [0.1, 0.15) is 5.56 Å². The third-order valence-electron chi connectivity index (χ3n) is 2.09. The topological polar surface area (TPSA) is 52.4 Å². The highest BCUT2D eigenvalue weighted by Gasteiger charge is 2.40. The van der Waals surface area contributed by atoms with Gasteiger partial charge in [0.1, 0.15) is 6.61 Å². The molecule has 0 radical (unpaired) electrons. The minimum absolute atomic E-state index is 0.221. The van der Waals surface area contributed by atoms with Crippen molar-refractivity contribution >= 4 is 21.6 Å². The maximum atomic E-state index is 12.5. The summed E-state index contributed by atoms with van der Waals surface area (Å²) in [5, 5.41) is 10.6. The van der Waals surface area contributed by atoms with Crippen LogP contribution < -0.4 is 0 Å². The first-order valence-electron chi connectivity index (χ1n) is 4.90. The summed E-state index contributed by atoms with van der Waals surface area (Å²) in [6.45, 7) is -1.87. The summed E-state index contributed by atoms with van der Waals surface area (Å²) in [4.78, 5) is 9.95. The summed E-state index contributed by atoms with van der Waals surface area (Å²) in [6.07, 6.45) is -3.81. The molecule has 1 aromatic rings. The van der Waals surface area contributed by atoms with Crippen LogP contribution in [0.5, 0.6) is 0 Å². The number of nitro groups is 1. The van der Waals surface area contributed by atoms with Crippen LogP contribution in [0.15, 0.2) is 22.7 Å². The Labute approximate surface area is 113 Å². The first-order chi connectivity index (χ1) is 8.74. The van der Waals surface area contributed by atoms with Crippen LogP contribution in [-0.4, -0.2) is 23.9 Å². The molecule has 0 N–H and O–H groups in total. The Hall–Kier alpha value is -1.22. The van der Waals surface area contributed by atoms with Crippen LogP contribution in [0, 0.1) is 10.1 Å². The van der Waals surface area contributed by atoms with E-state index in [4.69, 9.17) is 0 Å². The quantitative estimate of drug-likeness (QED) is 0.448. The van der Waals surface area contributed by atoms with Crippen LogP contribution in [0.4, 0.5) is 23.2 Å². The number of hydrogen-bond acceptors (Lipinski definition) is 3. The van der Waals surface area contributed by atoms with Gasteiger partial charge < -0.3 is 4.74 Å². The van der Waals surface area contributed by atoms with Gasteiger partial charge in [-0.15, -0.1) is 0 Å². The first-order valence-corrected chi connectivity index (χ1v) is 5.70. The van der Waals surface area contributed by atoms with E-state index >= 15 is 0 Å². The van der Waals surface area contributed by atoms with E-state index in [1.165, 1.54) is 12.1 Å². The van der Waals surface area contributed by atoms with Crippen molar-refractivity contribution in [1.82, 2.24) is 0 Å². The summed E-state index contributed by atoms with van der Waals surface area (Å²) in [5.74, 6) is -4.23. The standard InChI is InChI=1S/C10H8BrF4NO3/c11-7-2-1-6(3-8(7)16(17)18)4-19-5-10(14,15)9(12)13/h1-3,9H,4-5H2. The number of halogens is 5. The van der Waals surface area contributed by atoms with Crippen LogP contribution in [0.2, 0.25) is 0 Å². The van der Waals surface area contributed by atoms with E-state index in [1.807, 2.05) is 0 Å². The summed E-state index contributed by atoms with van der Waals surface area (Å²) < 4.78 is 53.4. The Morgan fingerprint density at radius 2 is 2.05 bits per heavy atom. The summed E-state index contributed by atoms with van der Waals surface area (Å²) in [7, 11) is 0. The lowest BCUT2D eigenvalue weighted by Gasteiger charge is -2.15. The van der Waals surface area contributed by atoms with Gasteiger partial charge in [0, 0.05) is 6.07 Å². The van der Waals surface area contributed by atoms with Gasteiger partial charge in [-0.3, -0.25) is 10.1 Å². The van der Waals surface area contributed by atoms with Crippen molar-refractivity contribution < 1.29 is 27.2 Å². The number of nitro benzene ring substituents is 1. The molecule has 0 fully saturated rings. The molecule has 0 heterocycles. The monoisotopic (exact) mass is 345 g/mol. The molecule has 0 saturated heterocycles. The minimum Gasteiger partial charge on any atom is -0.370 e. The summed E-state index contributed by atoms with van der Waals surface area (Å²) in [5.41, 5.74) is -0.0262. The van der Waals surface area contributed by atoms with Gasteiger partial charge in [-0.25, -0.2) is 8.78 Å². The molecule has 106 valence electrons. The lowest BCUT2D eigenvalue weighted by Crippen LogP contribution is -2.32. The van der Waals surface area contributed by atoms with Gasteiger partial charge in [-0.05, 0) is 27.6 Å². The molecule has 0 atom stereocenters. The normalized spacial score (nSPS) is 11.9. The maximum Gasteiger partial charge on any atom is 0.330 e. The lowest BCUT2D eigenvalue weighted by atomic mass is 10.2. The van der Waals surface area contributed by atoms with Crippen LogP contribution in [0.25, 0.3) is 0 Å². The highest BCUT2D eigenvalue weighted by molar-refractivity contribution is 9.10. The Morgan fingerprint density at radius 1 is 1.42 bits per heavy atom. The lowest BCUT2D eigenvalue weighted by molar-refractivity contribution is -0.385. The van der Waals surface area contributed by atoms with Gasteiger partial charge in [-0.1, -0.05) is 6.07 Å². The molecule has 0 bridgehead atoms. The third kappa shape index (κ3) is 4.43. The molecular weight excluding hydrogens is 338 g/mol. The fourth-order valence-corrected chi connectivity index (χ4v) is 1.55. The van der Waals surface area contributed by atoms with E-state index in [0.29, 0.717) is 0 Å². The molecule has 0 aromatic heterocycles. The highest BCUT2D eigenvalue weighted by atomic mass is 79.9. The third-order valence-corrected chi connectivity index (χ3v) is 2.76. The van der Waals surface area contributed by atoms with Crippen molar-refractivity contribution in [1.29, 1.82) is 0 Å². The molecule has 0 aliphatic heterocycles. The minimum atomic E-state index is -4.23. The number of hydrogen-bond donors (Lipinski definition) is 0. The van der Waals surface area contributed by atoms with Gasteiger partial charge >= 0.3 is 12.3 Å². The van der Waals surface area contributed by atoms with Gasteiger partial charge in [-0.2, -0.15) is 8.78 Å². The van der Waals surface area contributed by atoms with E-state index in [2.05, 4.69) is 20.7 Å². The molecule has 1 rings (SSSR count). The van der Waals surface area contributed by atoms with E-state index in [1.54, 1.807) is 0 Å². The molecule has 1 aromatic carbocycles. The highest BCUT2D eigenvalue weighted by Crippen LogP contribution is 2.27. The van der Waals surface area contributed by atoms with E-state index in [9.17, 15) is 27.7 Å². The van der Waals surface area contributed by atoms with Crippen molar-refractivity contribution in [3.63, 3.8) is 0 Å². The fourth-order valence-electron chi connectivity index (χ4n) is 1.16. The maximum absolute atomic E-state index is 12.5. The fraction of sp³-hybridized carbons (Fsp3) is 0.400. The average Bonchev–Trinajstić information content (AvgIpc) is 2.30. The van der Waals surface area contributed by atoms with E-state index in [-0.39, 0.29) is 15.7 Å². The van der Waals surface area contributed by atoms with Crippen LogP contribution in [-0.2, 0) is 11.3 Å². The van der Waals surface area contributed by atoms with Crippen molar-refractivity contribution in [2.45, 2.75) is 19.0 Å². The molecular formula is C10H8BrF4NO3. The molecule has 4 nitrogen and oxygen atoms in total. The van der Waals surface area contributed by atoms with Crippen molar-refractivity contribution in [2.75, 3.05) is 6.61 Å². The number of alkyl halides is 4. The molecule has 9 heteroatoms. The Kier molecular flexibility index (Phi) is 5.24. The predicted molar refractivity (Wildman–Crippen MR) is 61.4 cm³/mol. The zero-order valence-corrected chi connectivity index (χ0v) is 10.9. The van der Waals surface area contributed by atoms with Crippen molar-refractivity contribution in [2.24, 2.45) is 0 Å². The Balaban J connectivity index is 2.64. The zero-order chi connectivity index (χ0) is 14.6. The molecule has 0 aliphatic carbocycles. The second-order valence-electron chi connectivity index (χ2n) is 3.60. The zero-order valence-electron chi connectivity index (χ0n) is 9.29. The predicted octanol–water partition coefficient (Wildman–Crippen LogP) is 3.77. The second kappa shape index (κ2) is 6.29. The molecule has 0 aliphatic rings. The molecule has 0 unspecified atom stereocenters. The van der Waals surface area contributed by atoms with Gasteiger partial charge in [0.15, 0.2) is 0 Å². The smallest absolute Gasteiger partial charge is 0.330 e. The van der Waals surface area contributed by atoms with E-state index < -0.39 is 30.5 Å². The number of benzene rings is 1. The summed E-state index contributed by atoms with van der Waals surface area (Å²) in [6, 6.07) is 3.87. The SMILES string of the molecule is O=[N+]([O-])c1cc(COCC(F)(F)C(F)F)ccc1Br. The van der Waals surface area contributed by atoms with Gasteiger partial charge in [0.2, 0.25) is 0 Å². The van der Waals surface area contributed by atoms with Crippen LogP contribution in [0.3, 0.4) is 0 Å². The molecule has 19 heavy (non-hydrogen) atoms. The average molecular weight is 346 g/mol. The second-order valence-corrected chi connectivity index (χ2v) is 4.45. The number of nitrogens with zero attached hydrogens (tertiary/aromatic N) is 1. The van der Waals surface area contributed by atoms with Gasteiger partial charge in [0.25, 0.3) is 5.69 Å². The largest absolute Gasteiger partial charge is 0.370 e. The molecule has 0 saturated carbocycles. The number of rotatable bonds is 6. The molecule has 0 amide bonds. The van der Waals surface area contributed by atoms with E-state index in [0.717, 1.165) is 6.07 Å². The van der Waals surface area contributed by atoms with Crippen molar-refractivity contribution in [3.8, 4) is 0 Å². The first kappa shape index (κ1) is 15.8. The Morgan fingerprint density at radius 3 is 2.58 bits per heavy atom. The van der Waals surface area contributed by atoms with Crippen LogP contribution >= 0.6 is 15.9 Å². The summed E-state index contributed by atoms with van der Waals surface area (Å²) >= 11 is 2.95. The number of ether oxygens (including phenoxy) is 1. The molecule has 0 spiro atoms. The van der Waals surface area contributed by atoms with Gasteiger partial charge in [0.05, 0.1) is 16.0 Å². The Bertz CT molecular complexity index is 470.